The van der Waals surface area contributed by atoms with Gasteiger partial charge in [0.15, 0.2) is 0 Å². The van der Waals surface area contributed by atoms with Crippen molar-refractivity contribution in [2.24, 2.45) is 5.41 Å². The topological polar surface area (TPSA) is 37.4 Å². The van der Waals surface area contributed by atoms with Gasteiger partial charge in [-0.15, -0.1) is 5.92 Å². The van der Waals surface area contributed by atoms with Crippen LogP contribution in [-0.2, 0) is 9.59 Å². The van der Waals surface area contributed by atoms with Gasteiger partial charge in [0.2, 0.25) is 11.8 Å². The van der Waals surface area contributed by atoms with E-state index in [1.807, 2.05) is 0 Å². The number of carbonyl (C=O) groups is 2. The second-order valence-electron chi connectivity index (χ2n) is 3.97. The molecule has 2 aliphatic rings. The molecule has 3 nitrogen and oxygen atoms in total. The Morgan fingerprint density at radius 3 is 2.93 bits per heavy atom. The molecule has 15 heavy (non-hydrogen) atoms. The zero-order chi connectivity index (χ0) is 10.9. The Hall–Kier alpha value is -0.950. The van der Waals surface area contributed by atoms with Crippen LogP contribution in [0.3, 0.4) is 0 Å². The van der Waals surface area contributed by atoms with Gasteiger partial charge in [-0.3, -0.25) is 14.5 Å². The van der Waals surface area contributed by atoms with Crippen LogP contribution in [0.15, 0.2) is 0 Å². The molecule has 2 rings (SSSR count). The molecule has 0 radical (unpaired) electrons. The molecule has 1 spiro atoms. The van der Waals surface area contributed by atoms with Crippen LogP contribution < -0.4 is 0 Å². The van der Waals surface area contributed by atoms with Crippen molar-refractivity contribution < 1.29 is 9.59 Å². The predicted octanol–water partition coefficient (Wildman–Crippen LogP) is 0.892. The molecule has 2 amide bonds. The summed E-state index contributed by atoms with van der Waals surface area (Å²) in [6, 6.07) is 0. The first-order valence-electron chi connectivity index (χ1n) is 5.02. The number of rotatable bonds is 1. The molecule has 0 N–H and O–H groups in total. The van der Waals surface area contributed by atoms with Crippen molar-refractivity contribution in [2.75, 3.05) is 18.1 Å². The average Bonchev–Trinajstić information content (AvgIpc) is 2.75. The Morgan fingerprint density at radius 1 is 1.53 bits per heavy atom. The summed E-state index contributed by atoms with van der Waals surface area (Å²) in [6.45, 7) is 1.98. The summed E-state index contributed by atoms with van der Waals surface area (Å²) in [5.41, 5.74) is -0.378. The average molecular weight is 223 g/mol. The zero-order valence-electron chi connectivity index (χ0n) is 8.71. The largest absolute Gasteiger partial charge is 0.274 e. The maximum Gasteiger partial charge on any atom is 0.237 e. The monoisotopic (exact) mass is 223 g/mol. The van der Waals surface area contributed by atoms with Gasteiger partial charge in [-0.05, 0) is 19.1 Å². The molecule has 0 aromatic heterocycles. The third-order valence-corrected chi connectivity index (χ3v) is 4.26. The van der Waals surface area contributed by atoms with Gasteiger partial charge >= 0.3 is 0 Å². The van der Waals surface area contributed by atoms with E-state index in [4.69, 9.17) is 0 Å². The van der Waals surface area contributed by atoms with E-state index in [9.17, 15) is 9.59 Å². The van der Waals surface area contributed by atoms with Crippen LogP contribution in [0.4, 0.5) is 0 Å². The summed E-state index contributed by atoms with van der Waals surface area (Å²) in [5, 5.41) is 0. The molecule has 2 fully saturated rings. The number of nitrogens with zero attached hydrogens (tertiary/aromatic N) is 1. The van der Waals surface area contributed by atoms with Crippen LogP contribution in [0.5, 0.6) is 0 Å². The fourth-order valence-corrected chi connectivity index (χ4v) is 3.53. The summed E-state index contributed by atoms with van der Waals surface area (Å²) in [4.78, 5) is 25.1. The number of carbonyl (C=O) groups excluding carboxylic acids is 2. The molecule has 4 heteroatoms. The number of thioether (sulfide) groups is 1. The van der Waals surface area contributed by atoms with Gasteiger partial charge in [0.25, 0.3) is 0 Å². The minimum atomic E-state index is -0.378. The van der Waals surface area contributed by atoms with Gasteiger partial charge in [-0.1, -0.05) is 5.92 Å². The van der Waals surface area contributed by atoms with E-state index in [1.165, 1.54) is 4.90 Å². The van der Waals surface area contributed by atoms with Crippen LogP contribution in [0.25, 0.3) is 0 Å². The molecule has 1 unspecified atom stereocenters. The van der Waals surface area contributed by atoms with E-state index in [0.717, 1.165) is 17.9 Å². The van der Waals surface area contributed by atoms with E-state index in [0.29, 0.717) is 6.42 Å². The van der Waals surface area contributed by atoms with Crippen LogP contribution in [-0.4, -0.2) is 34.8 Å². The maximum absolute atomic E-state index is 12.1. The van der Waals surface area contributed by atoms with Crippen molar-refractivity contribution in [1.29, 1.82) is 0 Å². The molecule has 0 saturated carbocycles. The molecule has 0 aliphatic carbocycles. The lowest BCUT2D eigenvalue weighted by Gasteiger charge is -2.18. The molecule has 2 saturated heterocycles. The van der Waals surface area contributed by atoms with Crippen molar-refractivity contribution in [3.63, 3.8) is 0 Å². The Labute approximate surface area is 93.6 Å². The lowest BCUT2D eigenvalue weighted by molar-refractivity contribution is -0.140. The number of amides is 2. The molecule has 80 valence electrons. The lowest BCUT2D eigenvalue weighted by atomic mass is 9.86. The van der Waals surface area contributed by atoms with E-state index in [-0.39, 0.29) is 23.8 Å². The van der Waals surface area contributed by atoms with Crippen molar-refractivity contribution in [1.82, 2.24) is 4.90 Å². The molecule has 0 aromatic rings. The van der Waals surface area contributed by atoms with E-state index < -0.39 is 0 Å². The fraction of sp³-hybridized carbons (Fsp3) is 0.636. The summed E-state index contributed by atoms with van der Waals surface area (Å²) in [7, 11) is 0. The minimum absolute atomic E-state index is 0.000231. The Kier molecular flexibility index (Phi) is 2.74. The zero-order valence-corrected chi connectivity index (χ0v) is 9.52. The first kappa shape index (κ1) is 10.6. The van der Waals surface area contributed by atoms with E-state index >= 15 is 0 Å². The van der Waals surface area contributed by atoms with Crippen molar-refractivity contribution >= 4 is 23.6 Å². The van der Waals surface area contributed by atoms with Gasteiger partial charge < -0.3 is 0 Å². The summed E-state index contributed by atoms with van der Waals surface area (Å²) in [6.07, 6.45) is 1.24. The highest BCUT2D eigenvalue weighted by Gasteiger charge is 2.52. The van der Waals surface area contributed by atoms with Crippen molar-refractivity contribution in [3.05, 3.63) is 0 Å². The number of hydrogen-bond donors (Lipinski definition) is 0. The Bertz CT molecular complexity index is 361. The quantitative estimate of drug-likeness (QED) is 0.489. The Morgan fingerprint density at radius 2 is 2.33 bits per heavy atom. The van der Waals surface area contributed by atoms with E-state index in [2.05, 4.69) is 11.8 Å². The molecule has 1 atom stereocenters. The highest BCUT2D eigenvalue weighted by molar-refractivity contribution is 7.99. The molecule has 2 heterocycles. The van der Waals surface area contributed by atoms with Crippen LogP contribution >= 0.6 is 11.8 Å². The third kappa shape index (κ3) is 1.65. The molecular weight excluding hydrogens is 210 g/mol. The minimum Gasteiger partial charge on any atom is -0.274 e. The van der Waals surface area contributed by atoms with E-state index in [1.54, 1.807) is 18.7 Å². The highest BCUT2D eigenvalue weighted by atomic mass is 32.2. The maximum atomic E-state index is 12.1. The molecule has 2 aliphatic heterocycles. The van der Waals surface area contributed by atoms with Gasteiger partial charge in [0.1, 0.15) is 0 Å². The number of imide groups is 1. The predicted molar refractivity (Wildman–Crippen MR) is 59.2 cm³/mol. The second-order valence-corrected chi connectivity index (χ2v) is 5.08. The van der Waals surface area contributed by atoms with Gasteiger partial charge in [0.05, 0.1) is 12.0 Å². The normalized spacial score (nSPS) is 29.8. The van der Waals surface area contributed by atoms with Gasteiger partial charge in [0, 0.05) is 12.2 Å². The smallest absolute Gasteiger partial charge is 0.237 e. The summed E-state index contributed by atoms with van der Waals surface area (Å²) >= 11 is 1.77. The summed E-state index contributed by atoms with van der Waals surface area (Å²) < 4.78 is 0. The number of hydrogen-bond acceptors (Lipinski definition) is 3. The third-order valence-electron chi connectivity index (χ3n) is 3.01. The van der Waals surface area contributed by atoms with Crippen LogP contribution in [0, 0.1) is 17.3 Å². The lowest BCUT2D eigenvalue weighted by Crippen LogP contribution is -2.35. The molecular formula is C11H13NO2S. The van der Waals surface area contributed by atoms with Crippen molar-refractivity contribution in [2.45, 2.75) is 19.8 Å². The number of likely N-dealkylation sites (tertiary alicyclic amines) is 1. The second kappa shape index (κ2) is 3.90. The standard InChI is InChI=1S/C11H13NO2S/c1-2-3-5-12-9(13)7-11(10(12)14)4-6-15-8-11/h4-8H2,1H3. The highest BCUT2D eigenvalue weighted by Crippen LogP contribution is 2.44. The first-order valence-corrected chi connectivity index (χ1v) is 6.17. The fourth-order valence-electron chi connectivity index (χ4n) is 2.09. The SMILES string of the molecule is CC#CCN1C(=O)CC2(CCSC2)C1=O. The van der Waals surface area contributed by atoms with Gasteiger partial charge in [-0.25, -0.2) is 0 Å². The molecule has 0 aromatic carbocycles. The summed E-state index contributed by atoms with van der Waals surface area (Å²) in [5.74, 6) is 7.24. The van der Waals surface area contributed by atoms with Crippen LogP contribution in [0.2, 0.25) is 0 Å². The van der Waals surface area contributed by atoms with Crippen molar-refractivity contribution in [3.8, 4) is 11.8 Å². The first-order chi connectivity index (χ1) is 7.19. The van der Waals surface area contributed by atoms with Crippen LogP contribution in [0.1, 0.15) is 19.8 Å². The van der Waals surface area contributed by atoms with Gasteiger partial charge in [-0.2, -0.15) is 11.8 Å². The Balaban J connectivity index is 2.17. The molecule has 0 bridgehead atoms.